The van der Waals surface area contributed by atoms with Crippen molar-refractivity contribution in [2.45, 2.75) is 31.6 Å². The molecule has 0 aliphatic carbocycles. The van der Waals surface area contributed by atoms with Gasteiger partial charge in [0.15, 0.2) is 0 Å². The molecule has 0 amide bonds. The summed E-state index contributed by atoms with van der Waals surface area (Å²) in [4.78, 5) is 3.03. The van der Waals surface area contributed by atoms with E-state index < -0.39 is 0 Å². The lowest BCUT2D eigenvalue weighted by Gasteiger charge is -2.17. The van der Waals surface area contributed by atoms with E-state index in [0.29, 0.717) is 6.04 Å². The molecule has 0 spiro atoms. The van der Waals surface area contributed by atoms with Crippen LogP contribution < -0.4 is 5.32 Å². The Morgan fingerprint density at radius 1 is 1.29 bits per heavy atom. The normalized spacial score (nSPS) is 15.7. The second-order valence-electron chi connectivity index (χ2n) is 5.34. The number of hydrogen-bond donors (Lipinski definition) is 1. The molecular formula is C17H20ClNS2. The number of benzene rings is 1. The summed E-state index contributed by atoms with van der Waals surface area (Å²) in [6.07, 6.45) is 2.37. The molecule has 1 aromatic carbocycles. The van der Waals surface area contributed by atoms with E-state index in [0.717, 1.165) is 18.0 Å². The van der Waals surface area contributed by atoms with Crippen molar-refractivity contribution >= 4 is 34.7 Å². The fraction of sp³-hybridized carbons (Fsp3) is 0.412. The number of halogens is 1. The average molecular weight is 338 g/mol. The Balaban J connectivity index is 1.91. The zero-order chi connectivity index (χ0) is 14.7. The Morgan fingerprint density at radius 2 is 2.10 bits per heavy atom. The van der Waals surface area contributed by atoms with Crippen LogP contribution in [0.5, 0.6) is 0 Å². The van der Waals surface area contributed by atoms with Gasteiger partial charge in [-0.15, -0.1) is 11.3 Å². The fourth-order valence-electron chi connectivity index (χ4n) is 2.64. The second kappa shape index (κ2) is 7.19. The van der Waals surface area contributed by atoms with Gasteiger partial charge >= 0.3 is 0 Å². The highest BCUT2D eigenvalue weighted by molar-refractivity contribution is 7.98. The number of nitrogens with one attached hydrogen (secondary N) is 1. The first kappa shape index (κ1) is 15.4. The van der Waals surface area contributed by atoms with Gasteiger partial charge in [0.1, 0.15) is 0 Å². The molecule has 1 aliphatic rings. The lowest BCUT2D eigenvalue weighted by Crippen LogP contribution is -2.22. The summed E-state index contributed by atoms with van der Waals surface area (Å²) in [6, 6.07) is 11.0. The molecule has 0 fully saturated rings. The van der Waals surface area contributed by atoms with Crippen LogP contribution in [0.4, 0.5) is 0 Å². The zero-order valence-corrected chi connectivity index (χ0v) is 14.6. The van der Waals surface area contributed by atoms with E-state index in [1.807, 2.05) is 35.2 Å². The van der Waals surface area contributed by atoms with Gasteiger partial charge in [-0.3, -0.25) is 0 Å². The van der Waals surface area contributed by atoms with Crippen molar-refractivity contribution in [1.82, 2.24) is 5.32 Å². The molecule has 3 rings (SSSR count). The van der Waals surface area contributed by atoms with Crippen molar-refractivity contribution in [2.24, 2.45) is 0 Å². The molecular weight excluding hydrogens is 318 g/mol. The van der Waals surface area contributed by atoms with Crippen molar-refractivity contribution in [3.8, 4) is 0 Å². The first-order valence-corrected chi connectivity index (χ1v) is 9.81. The summed E-state index contributed by atoms with van der Waals surface area (Å²) in [5.74, 6) is 2.44. The molecule has 1 nitrogen and oxygen atoms in total. The highest BCUT2D eigenvalue weighted by Gasteiger charge is 2.20. The topological polar surface area (TPSA) is 12.0 Å². The molecule has 0 saturated heterocycles. The average Bonchev–Trinajstić information content (AvgIpc) is 2.93. The number of hydrogen-bond acceptors (Lipinski definition) is 3. The van der Waals surface area contributed by atoms with Gasteiger partial charge in [-0.1, -0.05) is 30.7 Å². The van der Waals surface area contributed by atoms with Crippen molar-refractivity contribution < 1.29 is 0 Å². The van der Waals surface area contributed by atoms with E-state index in [2.05, 4.69) is 30.4 Å². The zero-order valence-electron chi connectivity index (χ0n) is 12.2. The maximum absolute atomic E-state index is 6.03. The second-order valence-corrected chi connectivity index (χ2v) is 8.05. The van der Waals surface area contributed by atoms with E-state index >= 15 is 0 Å². The van der Waals surface area contributed by atoms with Crippen LogP contribution in [-0.2, 0) is 12.2 Å². The van der Waals surface area contributed by atoms with Gasteiger partial charge in [0.25, 0.3) is 0 Å². The molecule has 1 atom stereocenters. The van der Waals surface area contributed by atoms with Crippen LogP contribution in [0.2, 0.25) is 5.02 Å². The van der Waals surface area contributed by atoms with Gasteiger partial charge in [-0.25, -0.2) is 0 Å². The molecule has 1 N–H and O–H groups in total. The summed E-state index contributed by atoms with van der Waals surface area (Å²) in [5.41, 5.74) is 2.85. The third-order valence-electron chi connectivity index (χ3n) is 3.73. The van der Waals surface area contributed by atoms with Gasteiger partial charge < -0.3 is 5.32 Å². The maximum atomic E-state index is 6.03. The van der Waals surface area contributed by atoms with Crippen molar-refractivity contribution in [2.75, 3.05) is 12.3 Å². The first-order valence-electron chi connectivity index (χ1n) is 7.46. The largest absolute Gasteiger partial charge is 0.306 e. The Kier molecular flexibility index (Phi) is 5.28. The monoisotopic (exact) mass is 337 g/mol. The standard InChI is InChI=1S/C17H20ClNS2/c1-2-8-19-17(12-3-5-14(18)6-4-12)16-10-13-11-20-9-7-15(13)21-16/h3-6,10,17,19H,2,7-9,11H2,1H3. The fourth-order valence-corrected chi connectivity index (χ4v) is 5.25. The van der Waals surface area contributed by atoms with Crippen molar-refractivity contribution in [3.05, 3.63) is 56.2 Å². The number of thiophene rings is 1. The van der Waals surface area contributed by atoms with Crippen molar-refractivity contribution in [1.29, 1.82) is 0 Å². The minimum absolute atomic E-state index is 0.294. The molecule has 21 heavy (non-hydrogen) atoms. The molecule has 2 aromatic rings. The minimum Gasteiger partial charge on any atom is -0.306 e. The molecule has 0 saturated carbocycles. The Labute approximate surface area is 140 Å². The van der Waals surface area contributed by atoms with Crippen LogP contribution in [0.1, 0.15) is 40.3 Å². The minimum atomic E-state index is 0.294. The maximum Gasteiger partial charge on any atom is 0.0671 e. The predicted octanol–water partition coefficient (Wildman–Crippen LogP) is 5.28. The van der Waals surface area contributed by atoms with Crippen LogP contribution in [-0.4, -0.2) is 12.3 Å². The van der Waals surface area contributed by atoms with Gasteiger partial charge in [-0.2, -0.15) is 11.8 Å². The quantitative estimate of drug-likeness (QED) is 0.796. The number of aryl methyl sites for hydroxylation is 1. The lowest BCUT2D eigenvalue weighted by molar-refractivity contribution is 0.606. The summed E-state index contributed by atoms with van der Waals surface area (Å²) >= 11 is 10.1. The van der Waals surface area contributed by atoms with Gasteiger partial charge in [-0.05, 0) is 54.5 Å². The molecule has 1 unspecified atom stereocenters. The van der Waals surface area contributed by atoms with E-state index in [1.165, 1.54) is 28.4 Å². The smallest absolute Gasteiger partial charge is 0.0671 e. The molecule has 0 radical (unpaired) electrons. The van der Waals surface area contributed by atoms with Gasteiger partial charge in [0.2, 0.25) is 0 Å². The molecule has 1 aliphatic heterocycles. The highest BCUT2D eigenvalue weighted by atomic mass is 35.5. The molecule has 0 bridgehead atoms. The number of thioether (sulfide) groups is 1. The summed E-state index contributed by atoms with van der Waals surface area (Å²) in [6.45, 7) is 3.24. The van der Waals surface area contributed by atoms with Crippen LogP contribution in [0.15, 0.2) is 30.3 Å². The van der Waals surface area contributed by atoms with E-state index in [1.54, 1.807) is 10.4 Å². The highest BCUT2D eigenvalue weighted by Crippen LogP contribution is 2.36. The molecule has 4 heteroatoms. The molecule has 2 heterocycles. The van der Waals surface area contributed by atoms with E-state index in [4.69, 9.17) is 11.6 Å². The van der Waals surface area contributed by atoms with Crippen LogP contribution in [0, 0.1) is 0 Å². The SMILES string of the molecule is CCCNC(c1ccc(Cl)cc1)c1cc2c(s1)CCSC2. The first-order chi connectivity index (χ1) is 10.3. The predicted molar refractivity (Wildman–Crippen MR) is 95.8 cm³/mol. The number of rotatable bonds is 5. The Bertz CT molecular complexity index is 568. The molecule has 112 valence electrons. The van der Waals surface area contributed by atoms with Crippen molar-refractivity contribution in [3.63, 3.8) is 0 Å². The third-order valence-corrected chi connectivity index (χ3v) is 6.29. The molecule has 1 aromatic heterocycles. The van der Waals surface area contributed by atoms with Gasteiger partial charge in [0.05, 0.1) is 6.04 Å². The third kappa shape index (κ3) is 3.65. The lowest BCUT2D eigenvalue weighted by atomic mass is 10.0. The van der Waals surface area contributed by atoms with Crippen LogP contribution in [0.25, 0.3) is 0 Å². The Morgan fingerprint density at radius 3 is 2.81 bits per heavy atom. The summed E-state index contributed by atoms with van der Waals surface area (Å²) in [7, 11) is 0. The van der Waals surface area contributed by atoms with E-state index in [-0.39, 0.29) is 0 Å². The summed E-state index contributed by atoms with van der Waals surface area (Å²) < 4.78 is 0. The summed E-state index contributed by atoms with van der Waals surface area (Å²) in [5, 5.41) is 4.49. The van der Waals surface area contributed by atoms with Crippen LogP contribution >= 0.6 is 34.7 Å². The van der Waals surface area contributed by atoms with Gasteiger partial charge in [0, 0.05) is 20.5 Å². The van der Waals surface area contributed by atoms with E-state index in [9.17, 15) is 0 Å². The Hall–Kier alpha value is -0.480. The number of fused-ring (bicyclic) bond motifs is 1. The van der Waals surface area contributed by atoms with Crippen LogP contribution in [0.3, 0.4) is 0 Å².